The smallest absolute Gasteiger partial charge is 0.254 e. The molecule has 5 heteroatoms. The van der Waals surface area contributed by atoms with Crippen LogP contribution in [0.5, 0.6) is 5.75 Å². The molecular weight excluding hydrogens is 338 g/mol. The maximum absolute atomic E-state index is 12.9. The van der Waals surface area contributed by atoms with Gasteiger partial charge in [0.1, 0.15) is 5.75 Å². The van der Waals surface area contributed by atoms with Crippen molar-refractivity contribution in [2.24, 2.45) is 0 Å². The van der Waals surface area contributed by atoms with E-state index in [0.717, 1.165) is 33.8 Å². The number of rotatable bonds is 5. The Kier molecular flexibility index (Phi) is 3.74. The number of nitrogens with zero attached hydrogens (tertiary/aromatic N) is 3. The normalized spacial score (nSPS) is 15.9. The molecule has 3 aromatic rings. The molecule has 2 heterocycles. The van der Waals surface area contributed by atoms with Gasteiger partial charge in [0.2, 0.25) is 0 Å². The molecule has 2 aromatic carbocycles. The standard InChI is InChI=1S/C22H21N3O2/c1-27-19-8-2-15(3-9-19)11-24-12-17-6-7-18(10-20(17)22(24)26)25-13-21(23-14-25)16-4-5-16/h2-3,6-10,13-14,16H,4-5,11-12H2,1H3. The van der Waals surface area contributed by atoms with Crippen molar-refractivity contribution in [3.63, 3.8) is 0 Å². The molecule has 0 N–H and O–H groups in total. The molecule has 0 spiro atoms. The Morgan fingerprint density at radius 2 is 1.96 bits per heavy atom. The molecule has 5 rings (SSSR count). The first-order valence-corrected chi connectivity index (χ1v) is 9.30. The summed E-state index contributed by atoms with van der Waals surface area (Å²) in [7, 11) is 1.65. The number of ether oxygens (including phenoxy) is 1. The van der Waals surface area contributed by atoms with Gasteiger partial charge in [0.25, 0.3) is 5.91 Å². The van der Waals surface area contributed by atoms with E-state index < -0.39 is 0 Å². The Balaban J connectivity index is 1.36. The Bertz CT molecular complexity index is 1000. The first-order valence-electron chi connectivity index (χ1n) is 9.30. The second-order valence-electron chi connectivity index (χ2n) is 7.33. The number of amides is 1. The molecule has 0 atom stereocenters. The largest absolute Gasteiger partial charge is 0.497 e. The third-order valence-corrected chi connectivity index (χ3v) is 5.40. The summed E-state index contributed by atoms with van der Waals surface area (Å²) in [5.74, 6) is 1.54. The maximum Gasteiger partial charge on any atom is 0.254 e. The molecule has 136 valence electrons. The molecule has 0 unspecified atom stereocenters. The number of benzene rings is 2. The van der Waals surface area contributed by atoms with Gasteiger partial charge >= 0.3 is 0 Å². The third-order valence-electron chi connectivity index (χ3n) is 5.40. The predicted octanol–water partition coefficient (Wildman–Crippen LogP) is 3.91. The molecule has 1 aromatic heterocycles. The van der Waals surface area contributed by atoms with Crippen molar-refractivity contribution in [3.05, 3.63) is 77.4 Å². The highest BCUT2D eigenvalue weighted by atomic mass is 16.5. The van der Waals surface area contributed by atoms with Crippen LogP contribution in [0, 0.1) is 0 Å². The van der Waals surface area contributed by atoms with Gasteiger partial charge in [-0.05, 0) is 48.2 Å². The molecule has 0 saturated heterocycles. The van der Waals surface area contributed by atoms with Crippen molar-refractivity contribution >= 4 is 5.91 Å². The van der Waals surface area contributed by atoms with E-state index in [9.17, 15) is 4.79 Å². The quantitative estimate of drug-likeness (QED) is 0.694. The third kappa shape index (κ3) is 2.99. The first kappa shape index (κ1) is 16.1. The van der Waals surface area contributed by atoms with Gasteiger partial charge < -0.3 is 14.2 Å². The fourth-order valence-corrected chi connectivity index (χ4v) is 3.66. The minimum atomic E-state index is 0.0881. The lowest BCUT2D eigenvalue weighted by atomic mass is 10.1. The summed E-state index contributed by atoms with van der Waals surface area (Å²) >= 11 is 0. The summed E-state index contributed by atoms with van der Waals surface area (Å²) in [4.78, 5) is 19.3. The fourth-order valence-electron chi connectivity index (χ4n) is 3.66. The van der Waals surface area contributed by atoms with E-state index in [2.05, 4.69) is 23.3 Å². The van der Waals surface area contributed by atoms with Crippen LogP contribution in [0.15, 0.2) is 55.0 Å². The molecule has 2 aliphatic rings. The van der Waals surface area contributed by atoms with Crippen LogP contribution in [0.3, 0.4) is 0 Å². The van der Waals surface area contributed by atoms with Gasteiger partial charge in [-0.25, -0.2) is 4.98 Å². The van der Waals surface area contributed by atoms with Crippen LogP contribution in [0.2, 0.25) is 0 Å². The number of carbonyl (C=O) groups is 1. The van der Waals surface area contributed by atoms with E-state index in [4.69, 9.17) is 4.74 Å². The summed E-state index contributed by atoms with van der Waals surface area (Å²) in [6.07, 6.45) is 6.41. The fraction of sp³-hybridized carbons (Fsp3) is 0.273. The van der Waals surface area contributed by atoms with Crippen LogP contribution >= 0.6 is 0 Å². The minimum Gasteiger partial charge on any atom is -0.497 e. The van der Waals surface area contributed by atoms with E-state index in [-0.39, 0.29) is 5.91 Å². The summed E-state index contributed by atoms with van der Waals surface area (Å²) in [5.41, 5.74) is 5.12. The lowest BCUT2D eigenvalue weighted by Crippen LogP contribution is -2.23. The van der Waals surface area contributed by atoms with Gasteiger partial charge in [0.15, 0.2) is 0 Å². The van der Waals surface area contributed by atoms with E-state index >= 15 is 0 Å². The second-order valence-corrected chi connectivity index (χ2v) is 7.33. The van der Waals surface area contributed by atoms with Crippen molar-refractivity contribution in [3.8, 4) is 11.4 Å². The van der Waals surface area contributed by atoms with Crippen LogP contribution in [0.4, 0.5) is 0 Å². The minimum absolute atomic E-state index is 0.0881. The first-order chi connectivity index (χ1) is 13.2. The Labute approximate surface area is 158 Å². The molecule has 1 aliphatic heterocycles. The van der Waals surface area contributed by atoms with Crippen LogP contribution in [0.1, 0.15) is 45.9 Å². The molecule has 1 fully saturated rings. The van der Waals surface area contributed by atoms with Gasteiger partial charge in [-0.15, -0.1) is 0 Å². The molecule has 1 amide bonds. The van der Waals surface area contributed by atoms with Crippen molar-refractivity contribution in [2.75, 3.05) is 7.11 Å². The monoisotopic (exact) mass is 359 g/mol. The van der Waals surface area contributed by atoms with Gasteiger partial charge in [0, 0.05) is 36.5 Å². The predicted molar refractivity (Wildman–Crippen MR) is 102 cm³/mol. The SMILES string of the molecule is COc1ccc(CN2Cc3ccc(-n4cnc(C5CC5)c4)cc3C2=O)cc1. The lowest BCUT2D eigenvalue weighted by Gasteiger charge is -2.15. The van der Waals surface area contributed by atoms with Crippen LogP contribution in [-0.4, -0.2) is 27.5 Å². The molecule has 0 bridgehead atoms. The van der Waals surface area contributed by atoms with Gasteiger partial charge in [-0.1, -0.05) is 18.2 Å². The molecule has 0 radical (unpaired) electrons. The van der Waals surface area contributed by atoms with Crippen molar-refractivity contribution in [1.82, 2.24) is 14.5 Å². The highest BCUT2D eigenvalue weighted by molar-refractivity contribution is 5.98. The second kappa shape index (κ2) is 6.27. The van der Waals surface area contributed by atoms with E-state index in [0.29, 0.717) is 19.0 Å². The summed E-state index contributed by atoms with van der Waals surface area (Å²) in [5, 5.41) is 0. The topological polar surface area (TPSA) is 47.4 Å². The van der Waals surface area contributed by atoms with Gasteiger partial charge in [0.05, 0.1) is 19.1 Å². The number of hydrogen-bond acceptors (Lipinski definition) is 3. The number of aromatic nitrogens is 2. The average Bonchev–Trinajstić information content (AvgIpc) is 3.36. The van der Waals surface area contributed by atoms with Crippen LogP contribution in [0.25, 0.3) is 5.69 Å². The van der Waals surface area contributed by atoms with Crippen LogP contribution < -0.4 is 4.74 Å². The average molecular weight is 359 g/mol. The maximum atomic E-state index is 12.9. The zero-order chi connectivity index (χ0) is 18.4. The number of imidazole rings is 1. The Morgan fingerprint density at radius 1 is 1.15 bits per heavy atom. The highest BCUT2D eigenvalue weighted by Gasteiger charge is 2.28. The van der Waals surface area contributed by atoms with Crippen molar-refractivity contribution in [2.45, 2.75) is 31.8 Å². The molecular formula is C22H21N3O2. The summed E-state index contributed by atoms with van der Waals surface area (Å²) in [6, 6.07) is 14.0. The van der Waals surface area contributed by atoms with E-state index in [1.165, 1.54) is 12.8 Å². The van der Waals surface area contributed by atoms with E-state index in [1.807, 2.05) is 46.1 Å². The zero-order valence-corrected chi connectivity index (χ0v) is 15.3. The van der Waals surface area contributed by atoms with Crippen molar-refractivity contribution < 1.29 is 9.53 Å². The number of hydrogen-bond donors (Lipinski definition) is 0. The van der Waals surface area contributed by atoms with Gasteiger partial charge in [-0.3, -0.25) is 4.79 Å². The molecule has 1 aliphatic carbocycles. The molecule has 1 saturated carbocycles. The lowest BCUT2D eigenvalue weighted by molar-refractivity contribution is 0.0766. The van der Waals surface area contributed by atoms with Gasteiger partial charge in [-0.2, -0.15) is 0 Å². The number of methoxy groups -OCH3 is 1. The van der Waals surface area contributed by atoms with Crippen molar-refractivity contribution in [1.29, 1.82) is 0 Å². The summed E-state index contributed by atoms with van der Waals surface area (Å²) in [6.45, 7) is 1.25. The number of fused-ring (bicyclic) bond motifs is 1. The van der Waals surface area contributed by atoms with Crippen LogP contribution in [-0.2, 0) is 13.1 Å². The number of carbonyl (C=O) groups excluding carboxylic acids is 1. The Hall–Kier alpha value is -3.08. The zero-order valence-electron chi connectivity index (χ0n) is 15.3. The highest BCUT2D eigenvalue weighted by Crippen LogP contribution is 2.39. The molecule has 5 nitrogen and oxygen atoms in total. The summed E-state index contributed by atoms with van der Waals surface area (Å²) < 4.78 is 7.22. The van der Waals surface area contributed by atoms with E-state index in [1.54, 1.807) is 7.11 Å². The molecule has 27 heavy (non-hydrogen) atoms. The Morgan fingerprint density at radius 3 is 2.70 bits per heavy atom.